The minimum Gasteiger partial charge on any atom is -0.470 e. The lowest BCUT2D eigenvalue weighted by atomic mass is 9.93. The number of anilines is 2. The summed E-state index contributed by atoms with van der Waals surface area (Å²) < 4.78 is 17.0. The average Bonchev–Trinajstić information content (AvgIpc) is 3.43. The third-order valence-corrected chi connectivity index (χ3v) is 7.98. The molecule has 0 aliphatic carbocycles. The molecule has 3 aromatic rings. The van der Waals surface area contributed by atoms with Crippen molar-refractivity contribution in [3.05, 3.63) is 47.4 Å². The van der Waals surface area contributed by atoms with Crippen molar-refractivity contribution in [3.8, 4) is 5.88 Å². The van der Waals surface area contributed by atoms with Gasteiger partial charge in [-0.15, -0.1) is 0 Å². The fraction of sp³-hybridized carbons (Fsp3) is 0.483. The lowest BCUT2D eigenvalue weighted by Crippen LogP contribution is -2.57. The van der Waals surface area contributed by atoms with Crippen molar-refractivity contribution < 1.29 is 23.8 Å². The topological polar surface area (TPSA) is 142 Å². The predicted octanol–water partition coefficient (Wildman–Crippen LogP) is 3.25. The van der Waals surface area contributed by atoms with E-state index in [1.165, 1.54) is 0 Å². The van der Waals surface area contributed by atoms with Gasteiger partial charge >= 0.3 is 5.97 Å². The standard InChI is InChI=1S/C29H34N6O5/c1-15-16(2)39-28(37)19-5-6-23(34-25(15)19)33-24-9-20-21(10-31-24)26(32-11-22(20)29(3,4)30)40-18-12-35(13-18)27(36)17-7-8-38-14-17/h5-6,9-11,15-18H,7-8,12-14,30H2,1-4H3,(H,31,33,34)/t15-,16-,17-/m0/s1. The average molecular weight is 547 g/mol. The second-order valence-corrected chi connectivity index (χ2v) is 11.5. The van der Waals surface area contributed by atoms with Crippen LogP contribution in [0.3, 0.4) is 0 Å². The summed E-state index contributed by atoms with van der Waals surface area (Å²) in [6.07, 6.45) is 3.83. The second-order valence-electron chi connectivity index (χ2n) is 11.5. The van der Waals surface area contributed by atoms with Gasteiger partial charge in [0.15, 0.2) is 0 Å². The number of hydrogen-bond donors (Lipinski definition) is 2. The number of esters is 1. The van der Waals surface area contributed by atoms with E-state index in [9.17, 15) is 9.59 Å². The highest BCUT2D eigenvalue weighted by Gasteiger charge is 2.38. The number of rotatable bonds is 6. The van der Waals surface area contributed by atoms with Crippen LogP contribution in [-0.4, -0.2) is 70.2 Å². The van der Waals surface area contributed by atoms with Crippen LogP contribution in [0.25, 0.3) is 10.8 Å². The molecule has 3 aliphatic heterocycles. The van der Waals surface area contributed by atoms with Crippen molar-refractivity contribution >= 4 is 34.3 Å². The molecule has 3 aromatic heterocycles. The number of cyclic esters (lactones) is 1. The number of nitrogens with two attached hydrogens (primary N) is 1. The summed E-state index contributed by atoms with van der Waals surface area (Å²) in [5.74, 6) is 1.29. The zero-order valence-electron chi connectivity index (χ0n) is 23.1. The Morgan fingerprint density at radius 2 is 1.95 bits per heavy atom. The highest BCUT2D eigenvalue weighted by Crippen LogP contribution is 2.35. The Bertz CT molecular complexity index is 1480. The molecular weight excluding hydrogens is 512 g/mol. The van der Waals surface area contributed by atoms with Gasteiger partial charge in [-0.05, 0) is 56.3 Å². The monoisotopic (exact) mass is 546 g/mol. The number of aromatic nitrogens is 3. The van der Waals surface area contributed by atoms with Crippen LogP contribution in [0, 0.1) is 5.92 Å². The molecule has 0 aromatic carbocycles. The van der Waals surface area contributed by atoms with Gasteiger partial charge in [-0.2, -0.15) is 0 Å². The third-order valence-electron chi connectivity index (χ3n) is 7.98. The van der Waals surface area contributed by atoms with Crippen molar-refractivity contribution in [3.63, 3.8) is 0 Å². The van der Waals surface area contributed by atoms with Gasteiger partial charge in [0.05, 0.1) is 42.3 Å². The molecule has 6 rings (SSSR count). The number of likely N-dealkylation sites (tertiary alicyclic amines) is 1. The molecule has 0 bridgehead atoms. The van der Waals surface area contributed by atoms with Crippen LogP contribution in [0.4, 0.5) is 11.6 Å². The zero-order valence-corrected chi connectivity index (χ0v) is 23.1. The maximum atomic E-state index is 12.6. The van der Waals surface area contributed by atoms with Gasteiger partial charge in [-0.1, -0.05) is 6.92 Å². The molecule has 11 heteroatoms. The normalized spacial score (nSPS) is 23.0. The number of carbonyl (C=O) groups is 2. The van der Waals surface area contributed by atoms with Crippen LogP contribution in [0.15, 0.2) is 30.6 Å². The fourth-order valence-corrected chi connectivity index (χ4v) is 5.38. The van der Waals surface area contributed by atoms with Crippen molar-refractivity contribution in [2.75, 3.05) is 31.6 Å². The molecule has 3 N–H and O–H groups in total. The van der Waals surface area contributed by atoms with Gasteiger partial charge in [-0.25, -0.2) is 19.7 Å². The molecule has 3 atom stereocenters. The molecule has 0 spiro atoms. The molecule has 1 amide bonds. The van der Waals surface area contributed by atoms with Crippen molar-refractivity contribution in [1.29, 1.82) is 0 Å². The van der Waals surface area contributed by atoms with E-state index in [2.05, 4.69) is 15.3 Å². The number of amides is 1. The number of hydrogen-bond acceptors (Lipinski definition) is 10. The summed E-state index contributed by atoms with van der Waals surface area (Å²) in [6, 6.07) is 5.38. The minimum absolute atomic E-state index is 0.0290. The molecule has 40 heavy (non-hydrogen) atoms. The summed E-state index contributed by atoms with van der Waals surface area (Å²) in [5, 5.41) is 4.86. The molecule has 0 radical (unpaired) electrons. The summed E-state index contributed by atoms with van der Waals surface area (Å²) >= 11 is 0. The SMILES string of the molecule is C[C@@H]1OC(=O)c2ccc(Nc3cc4c(C(C)(C)N)cnc(OC5CN(C(=O)[C@H]6CCOC6)C5)c4cn3)nc2[C@H]1C. The number of nitrogens with one attached hydrogen (secondary N) is 1. The highest BCUT2D eigenvalue weighted by molar-refractivity contribution is 5.93. The van der Waals surface area contributed by atoms with Crippen molar-refractivity contribution in [2.24, 2.45) is 11.7 Å². The molecule has 3 aliphatic rings. The first kappa shape index (κ1) is 26.4. The largest absolute Gasteiger partial charge is 0.470 e. The van der Waals surface area contributed by atoms with E-state index in [1.54, 1.807) is 24.5 Å². The third kappa shape index (κ3) is 4.84. The first-order chi connectivity index (χ1) is 19.1. The Balaban J connectivity index is 1.25. The van der Waals surface area contributed by atoms with Gasteiger partial charge in [0.1, 0.15) is 23.8 Å². The van der Waals surface area contributed by atoms with Crippen molar-refractivity contribution in [2.45, 2.75) is 57.8 Å². The van der Waals surface area contributed by atoms with Crippen LogP contribution >= 0.6 is 0 Å². The van der Waals surface area contributed by atoms with E-state index in [0.29, 0.717) is 55.1 Å². The quantitative estimate of drug-likeness (QED) is 0.443. The van der Waals surface area contributed by atoms with Gasteiger partial charge in [0.25, 0.3) is 0 Å². The van der Waals surface area contributed by atoms with E-state index in [4.69, 9.17) is 24.9 Å². The van der Waals surface area contributed by atoms with Crippen LogP contribution in [0.2, 0.25) is 0 Å². The number of pyridine rings is 3. The predicted molar refractivity (Wildman–Crippen MR) is 147 cm³/mol. The minimum atomic E-state index is -0.665. The molecule has 0 saturated carbocycles. The lowest BCUT2D eigenvalue weighted by molar-refractivity contribution is -0.144. The van der Waals surface area contributed by atoms with Gasteiger partial charge in [-0.3, -0.25) is 4.79 Å². The van der Waals surface area contributed by atoms with Crippen LogP contribution in [0.1, 0.15) is 61.6 Å². The second kappa shape index (κ2) is 9.97. The smallest absolute Gasteiger partial charge is 0.340 e. The van der Waals surface area contributed by atoms with Gasteiger partial charge in [0.2, 0.25) is 11.8 Å². The molecule has 6 heterocycles. The maximum absolute atomic E-state index is 12.6. The molecule has 210 valence electrons. The molecular formula is C29H34N6O5. The Hall–Kier alpha value is -3.83. The number of carbonyl (C=O) groups excluding carboxylic acids is 2. The maximum Gasteiger partial charge on any atom is 0.340 e. The summed E-state index contributed by atoms with van der Waals surface area (Å²) in [7, 11) is 0. The van der Waals surface area contributed by atoms with Crippen molar-refractivity contribution in [1.82, 2.24) is 19.9 Å². The highest BCUT2D eigenvalue weighted by atomic mass is 16.5. The van der Waals surface area contributed by atoms with E-state index in [-0.39, 0.29) is 35.9 Å². The summed E-state index contributed by atoms with van der Waals surface area (Å²) in [5.41, 5.74) is 7.87. The van der Waals surface area contributed by atoms with Gasteiger partial charge in [0, 0.05) is 30.5 Å². The Labute approximate surface area is 232 Å². The van der Waals surface area contributed by atoms with Crippen LogP contribution in [0.5, 0.6) is 5.88 Å². The number of ether oxygens (including phenoxy) is 3. The van der Waals surface area contributed by atoms with Gasteiger partial charge < -0.3 is 30.2 Å². The molecule has 2 saturated heterocycles. The number of nitrogens with zero attached hydrogens (tertiary/aromatic N) is 4. The first-order valence-corrected chi connectivity index (χ1v) is 13.7. The summed E-state index contributed by atoms with van der Waals surface area (Å²) in [6.45, 7) is 9.88. The molecule has 0 unspecified atom stereocenters. The Kier molecular flexibility index (Phi) is 6.58. The zero-order chi connectivity index (χ0) is 28.2. The van der Waals surface area contributed by atoms with E-state index in [1.807, 2.05) is 38.7 Å². The summed E-state index contributed by atoms with van der Waals surface area (Å²) in [4.78, 5) is 40.6. The van der Waals surface area contributed by atoms with E-state index in [0.717, 1.165) is 22.8 Å². The number of fused-ring (bicyclic) bond motifs is 2. The fourth-order valence-electron chi connectivity index (χ4n) is 5.38. The molecule has 11 nitrogen and oxygen atoms in total. The Morgan fingerprint density at radius 3 is 2.67 bits per heavy atom. The van der Waals surface area contributed by atoms with E-state index >= 15 is 0 Å². The Morgan fingerprint density at radius 1 is 1.15 bits per heavy atom. The molecule has 2 fully saturated rings. The van der Waals surface area contributed by atoms with Crippen LogP contribution in [-0.2, 0) is 19.8 Å². The van der Waals surface area contributed by atoms with E-state index < -0.39 is 5.54 Å². The lowest BCUT2D eigenvalue weighted by Gasteiger charge is -2.40. The first-order valence-electron chi connectivity index (χ1n) is 13.7. The van der Waals surface area contributed by atoms with Crippen LogP contribution < -0.4 is 15.8 Å².